The summed E-state index contributed by atoms with van der Waals surface area (Å²) >= 11 is 0. The highest BCUT2D eigenvalue weighted by molar-refractivity contribution is 7.86. The highest BCUT2D eigenvalue weighted by atomic mass is 32.2. The van der Waals surface area contributed by atoms with E-state index in [0.717, 1.165) is 11.8 Å². The summed E-state index contributed by atoms with van der Waals surface area (Å²) in [5.41, 5.74) is 1.11. The zero-order valence-electron chi connectivity index (χ0n) is 11.5. The summed E-state index contributed by atoms with van der Waals surface area (Å²) in [5, 5.41) is 0. The van der Waals surface area contributed by atoms with Crippen LogP contribution in [0.25, 0.3) is 0 Å². The van der Waals surface area contributed by atoms with Gasteiger partial charge in [-0.1, -0.05) is 30.3 Å². The molecule has 20 heavy (non-hydrogen) atoms. The van der Waals surface area contributed by atoms with Gasteiger partial charge in [0, 0.05) is 19.6 Å². The Bertz CT molecular complexity index is 500. The van der Waals surface area contributed by atoms with Crippen LogP contribution in [0.2, 0.25) is 0 Å². The third kappa shape index (κ3) is 5.20. The van der Waals surface area contributed by atoms with E-state index in [9.17, 15) is 8.42 Å². The summed E-state index contributed by atoms with van der Waals surface area (Å²) < 4.78 is 38.4. The molecule has 2 atom stereocenters. The minimum atomic E-state index is -3.43. The Morgan fingerprint density at radius 3 is 2.75 bits per heavy atom. The SMILES string of the molecule is CS(=O)(=O)O[C@H]1CCO[C@@H]1CCOCc1ccccc1. The Labute approximate surface area is 120 Å². The van der Waals surface area contributed by atoms with Crippen LogP contribution in [0.5, 0.6) is 0 Å². The van der Waals surface area contributed by atoms with Gasteiger partial charge < -0.3 is 9.47 Å². The van der Waals surface area contributed by atoms with Crippen LogP contribution in [0.4, 0.5) is 0 Å². The molecule has 1 fully saturated rings. The largest absolute Gasteiger partial charge is 0.377 e. The lowest BCUT2D eigenvalue weighted by Gasteiger charge is -2.17. The number of ether oxygens (including phenoxy) is 2. The maximum atomic E-state index is 11.1. The molecule has 1 aliphatic heterocycles. The van der Waals surface area contributed by atoms with E-state index >= 15 is 0 Å². The van der Waals surface area contributed by atoms with E-state index < -0.39 is 10.1 Å². The van der Waals surface area contributed by atoms with Crippen LogP contribution in [0.15, 0.2) is 30.3 Å². The molecule has 1 aliphatic rings. The summed E-state index contributed by atoms with van der Waals surface area (Å²) in [6, 6.07) is 9.90. The molecule has 0 amide bonds. The number of hydrogen-bond acceptors (Lipinski definition) is 5. The second-order valence-corrected chi connectivity index (χ2v) is 6.46. The molecular weight excluding hydrogens is 280 g/mol. The van der Waals surface area contributed by atoms with Crippen LogP contribution in [-0.2, 0) is 30.4 Å². The molecule has 112 valence electrons. The molecule has 0 bridgehead atoms. The predicted molar refractivity (Wildman–Crippen MR) is 74.8 cm³/mol. The Hall–Kier alpha value is -0.950. The summed E-state index contributed by atoms with van der Waals surface area (Å²) in [7, 11) is -3.43. The minimum Gasteiger partial charge on any atom is -0.377 e. The Balaban J connectivity index is 1.70. The lowest BCUT2D eigenvalue weighted by Crippen LogP contribution is -2.28. The first kappa shape index (κ1) is 15.4. The second-order valence-electron chi connectivity index (χ2n) is 4.86. The highest BCUT2D eigenvalue weighted by Gasteiger charge is 2.31. The van der Waals surface area contributed by atoms with E-state index in [0.29, 0.717) is 32.7 Å². The zero-order valence-corrected chi connectivity index (χ0v) is 12.3. The van der Waals surface area contributed by atoms with Gasteiger partial charge in [-0.2, -0.15) is 8.42 Å². The van der Waals surface area contributed by atoms with Gasteiger partial charge in [0.15, 0.2) is 0 Å². The third-order valence-electron chi connectivity index (χ3n) is 3.11. The van der Waals surface area contributed by atoms with Crippen LogP contribution in [0, 0.1) is 0 Å². The molecular formula is C14H20O5S. The molecule has 0 aromatic heterocycles. The maximum Gasteiger partial charge on any atom is 0.264 e. The lowest BCUT2D eigenvalue weighted by atomic mass is 10.1. The Kier molecular flexibility index (Phi) is 5.54. The first-order valence-corrected chi connectivity index (χ1v) is 8.48. The molecule has 1 aromatic rings. The van der Waals surface area contributed by atoms with Crippen molar-refractivity contribution in [3.8, 4) is 0 Å². The summed E-state index contributed by atoms with van der Waals surface area (Å²) in [5.74, 6) is 0. The molecule has 0 N–H and O–H groups in total. The average molecular weight is 300 g/mol. The number of benzene rings is 1. The fraction of sp³-hybridized carbons (Fsp3) is 0.571. The maximum absolute atomic E-state index is 11.1. The van der Waals surface area contributed by atoms with Crippen LogP contribution in [0.1, 0.15) is 18.4 Å². The average Bonchev–Trinajstić information content (AvgIpc) is 2.81. The van der Waals surface area contributed by atoms with Crippen molar-refractivity contribution in [1.82, 2.24) is 0 Å². The van der Waals surface area contributed by atoms with E-state index in [2.05, 4.69) is 0 Å². The molecule has 0 aliphatic carbocycles. The topological polar surface area (TPSA) is 61.8 Å². The van der Waals surface area contributed by atoms with Gasteiger partial charge in [0.25, 0.3) is 10.1 Å². The van der Waals surface area contributed by atoms with Crippen molar-refractivity contribution in [2.45, 2.75) is 31.7 Å². The molecule has 1 saturated heterocycles. The standard InChI is InChI=1S/C14H20O5S/c1-20(15,16)19-14-8-10-18-13(14)7-9-17-11-12-5-3-2-4-6-12/h2-6,13-14H,7-11H2,1H3/t13-,14+/m1/s1. The van der Waals surface area contributed by atoms with E-state index in [-0.39, 0.29) is 12.2 Å². The van der Waals surface area contributed by atoms with E-state index in [1.54, 1.807) is 0 Å². The fourth-order valence-electron chi connectivity index (χ4n) is 2.20. The normalized spacial score (nSPS) is 23.1. The third-order valence-corrected chi connectivity index (χ3v) is 3.70. The van der Waals surface area contributed by atoms with Crippen molar-refractivity contribution in [2.75, 3.05) is 19.5 Å². The molecule has 5 nitrogen and oxygen atoms in total. The van der Waals surface area contributed by atoms with Crippen LogP contribution in [-0.4, -0.2) is 40.1 Å². The predicted octanol–water partition coefficient (Wildman–Crippen LogP) is 1.73. The van der Waals surface area contributed by atoms with Crippen LogP contribution >= 0.6 is 0 Å². The van der Waals surface area contributed by atoms with Crippen molar-refractivity contribution in [3.05, 3.63) is 35.9 Å². The summed E-state index contributed by atoms with van der Waals surface area (Å²) in [6.07, 6.45) is 1.71. The molecule has 6 heteroatoms. The molecule has 0 spiro atoms. The smallest absolute Gasteiger partial charge is 0.264 e. The van der Waals surface area contributed by atoms with Gasteiger partial charge in [-0.05, 0) is 12.0 Å². The molecule has 1 aromatic carbocycles. The van der Waals surface area contributed by atoms with Gasteiger partial charge in [0.2, 0.25) is 0 Å². The van der Waals surface area contributed by atoms with E-state index in [4.69, 9.17) is 13.7 Å². The molecule has 1 heterocycles. The molecule has 0 radical (unpaired) electrons. The van der Waals surface area contributed by atoms with Crippen molar-refractivity contribution < 1.29 is 22.1 Å². The highest BCUT2D eigenvalue weighted by Crippen LogP contribution is 2.21. The van der Waals surface area contributed by atoms with Crippen LogP contribution < -0.4 is 0 Å². The van der Waals surface area contributed by atoms with Gasteiger partial charge in [-0.3, -0.25) is 4.18 Å². The van der Waals surface area contributed by atoms with Gasteiger partial charge in [-0.15, -0.1) is 0 Å². The van der Waals surface area contributed by atoms with Gasteiger partial charge >= 0.3 is 0 Å². The van der Waals surface area contributed by atoms with Crippen molar-refractivity contribution >= 4 is 10.1 Å². The van der Waals surface area contributed by atoms with Crippen molar-refractivity contribution in [1.29, 1.82) is 0 Å². The molecule has 0 saturated carbocycles. The first-order chi connectivity index (χ1) is 9.54. The van der Waals surface area contributed by atoms with Crippen molar-refractivity contribution in [2.24, 2.45) is 0 Å². The second kappa shape index (κ2) is 7.17. The number of rotatable bonds is 7. The van der Waals surface area contributed by atoms with Crippen LogP contribution in [0.3, 0.4) is 0 Å². The van der Waals surface area contributed by atoms with Crippen molar-refractivity contribution in [3.63, 3.8) is 0 Å². The summed E-state index contributed by atoms with van der Waals surface area (Å²) in [6.45, 7) is 1.60. The first-order valence-electron chi connectivity index (χ1n) is 6.66. The van der Waals surface area contributed by atoms with Gasteiger partial charge in [0.1, 0.15) is 6.10 Å². The molecule has 2 rings (SSSR count). The van der Waals surface area contributed by atoms with E-state index in [1.807, 2.05) is 30.3 Å². The lowest BCUT2D eigenvalue weighted by molar-refractivity contribution is 0.0195. The number of hydrogen-bond donors (Lipinski definition) is 0. The molecule has 0 unspecified atom stereocenters. The summed E-state index contributed by atoms with van der Waals surface area (Å²) in [4.78, 5) is 0. The van der Waals surface area contributed by atoms with E-state index in [1.165, 1.54) is 0 Å². The fourth-order valence-corrected chi connectivity index (χ4v) is 2.87. The Morgan fingerprint density at radius 1 is 1.30 bits per heavy atom. The van der Waals surface area contributed by atoms with Gasteiger partial charge in [0.05, 0.1) is 19.0 Å². The Morgan fingerprint density at radius 2 is 2.05 bits per heavy atom. The minimum absolute atomic E-state index is 0.208. The quantitative estimate of drug-likeness (QED) is 0.567. The zero-order chi connectivity index (χ0) is 14.4. The monoisotopic (exact) mass is 300 g/mol. The van der Waals surface area contributed by atoms with Gasteiger partial charge in [-0.25, -0.2) is 0 Å².